The molecule has 1 saturated heterocycles. The second-order valence-electron chi connectivity index (χ2n) is 11.5. The van der Waals surface area contributed by atoms with E-state index in [2.05, 4.69) is 10.2 Å². The van der Waals surface area contributed by atoms with Crippen molar-refractivity contribution in [3.8, 4) is 0 Å². The quantitative estimate of drug-likeness (QED) is 0.131. The number of carboxylic acids is 1. The Morgan fingerprint density at radius 3 is 2.39 bits per heavy atom. The van der Waals surface area contributed by atoms with Gasteiger partial charge in [-0.1, -0.05) is 107 Å². The second kappa shape index (κ2) is 15.6. The number of rotatable bonds is 10. The molecule has 4 aromatic rings. The van der Waals surface area contributed by atoms with Gasteiger partial charge >= 0.3 is 5.97 Å². The minimum atomic E-state index is -1.08. The number of aliphatic carboxylic acids is 1. The van der Waals surface area contributed by atoms with Gasteiger partial charge in [0.05, 0.1) is 27.2 Å². The third-order valence-electron chi connectivity index (χ3n) is 8.17. The van der Waals surface area contributed by atoms with Crippen LogP contribution in [0.25, 0.3) is 5.32 Å². The van der Waals surface area contributed by atoms with E-state index in [9.17, 15) is 14.7 Å². The molecule has 1 aliphatic rings. The molecule has 1 amide bonds. The van der Waals surface area contributed by atoms with E-state index >= 15 is 0 Å². The summed E-state index contributed by atoms with van der Waals surface area (Å²) in [6.45, 7) is 5.11. The molecule has 46 heavy (non-hydrogen) atoms. The third kappa shape index (κ3) is 8.39. The maximum atomic E-state index is 14.0. The van der Waals surface area contributed by atoms with Crippen molar-refractivity contribution < 1.29 is 31.2 Å². The van der Waals surface area contributed by atoms with Gasteiger partial charge < -0.3 is 15.2 Å². The largest absolute Gasteiger partial charge is 0.625 e. The molecule has 0 spiro atoms. The van der Waals surface area contributed by atoms with Crippen molar-refractivity contribution in [3.63, 3.8) is 0 Å². The summed E-state index contributed by atoms with van der Waals surface area (Å²) in [5.41, 5.74) is 3.92. The van der Waals surface area contributed by atoms with Gasteiger partial charge in [-0.2, -0.15) is 0 Å². The maximum Gasteiger partial charge on any atom is 0.328 e. The molecule has 1 aliphatic heterocycles. The van der Waals surface area contributed by atoms with Gasteiger partial charge in [0.15, 0.2) is 6.04 Å². The van der Waals surface area contributed by atoms with E-state index < -0.39 is 17.6 Å². The molecule has 242 valence electrons. The number of benzene rings is 4. The van der Waals surface area contributed by atoms with Crippen LogP contribution in [0.15, 0.2) is 96.0 Å². The molecular formula is C36H33Cl3N3NiO3-. The zero-order valence-corrected chi connectivity index (χ0v) is 28.6. The number of carbonyl (C=O) groups is 2. The summed E-state index contributed by atoms with van der Waals surface area (Å²) in [5, 5.41) is 16.3. The predicted molar refractivity (Wildman–Crippen MR) is 182 cm³/mol. The van der Waals surface area contributed by atoms with E-state index in [1.54, 1.807) is 24.3 Å². The Kier molecular flexibility index (Phi) is 12.1. The van der Waals surface area contributed by atoms with Crippen molar-refractivity contribution in [1.82, 2.24) is 4.90 Å². The molecular weight excluding hydrogens is 687 g/mol. The molecule has 0 saturated carbocycles. The third-order valence-corrected chi connectivity index (χ3v) is 9.15. The van der Waals surface area contributed by atoms with Gasteiger partial charge in [0.1, 0.15) is 0 Å². The van der Waals surface area contributed by atoms with E-state index in [0.29, 0.717) is 50.6 Å². The molecule has 0 aromatic heterocycles. The van der Waals surface area contributed by atoms with Gasteiger partial charge in [-0.05, 0) is 74.2 Å². The molecule has 0 unspecified atom stereocenters. The van der Waals surface area contributed by atoms with Crippen LogP contribution in [0, 0.1) is 6.92 Å². The van der Waals surface area contributed by atoms with E-state index in [0.717, 1.165) is 29.7 Å². The van der Waals surface area contributed by atoms with Crippen LogP contribution < -0.4 is 0 Å². The Morgan fingerprint density at radius 1 is 0.935 bits per heavy atom. The molecule has 2 atom stereocenters. The van der Waals surface area contributed by atoms with Gasteiger partial charge in [0, 0.05) is 40.0 Å². The first-order valence-corrected chi connectivity index (χ1v) is 15.8. The first kappa shape index (κ1) is 35.7. The van der Waals surface area contributed by atoms with Crippen molar-refractivity contribution >= 4 is 58.1 Å². The van der Waals surface area contributed by atoms with Crippen LogP contribution in [-0.4, -0.2) is 45.7 Å². The standard InChI is InChI=1S/C36H34Cl3N3O3.Ni/c1-23-8-6-9-24(18-23)20-32(34(43)44)40-33(26-10-4-3-5-11-26)28-21-27(37)13-15-31(28)41-35(45)36(2)16-7-17-42(36)22-25-12-14-29(38)30(39)19-25;/h3-6,8-15,18-19,21,32H,7,16-17,20,22H2,1-2H3,(H2,40,41,43,44,45);/p-1/t32-,36+;/m1./s1. The summed E-state index contributed by atoms with van der Waals surface area (Å²) in [6.07, 6.45) is 1.67. The van der Waals surface area contributed by atoms with Gasteiger partial charge in [-0.15, -0.1) is 5.69 Å². The molecule has 5 rings (SSSR count). The van der Waals surface area contributed by atoms with Crippen LogP contribution in [0.1, 0.15) is 47.6 Å². The number of aliphatic imine (C=N–C) groups is 1. The number of carbonyl (C=O) groups excluding carboxylic acids is 1. The molecule has 1 fully saturated rings. The monoisotopic (exact) mass is 718 g/mol. The summed E-state index contributed by atoms with van der Waals surface area (Å²) in [7, 11) is 0. The summed E-state index contributed by atoms with van der Waals surface area (Å²) < 4.78 is 0. The Balaban J connectivity index is 0.00000480. The second-order valence-corrected chi connectivity index (χ2v) is 12.8. The van der Waals surface area contributed by atoms with E-state index in [4.69, 9.17) is 39.8 Å². The number of hydrogen-bond acceptors (Lipinski definition) is 4. The SMILES string of the molecule is Cc1cccc(C[C@@H](N=C(c2ccccc2)c2cc(Cl)ccc2[N-]C(=O)[C@]2(C)CCCN2Cc2ccc(Cl)c(Cl)c2)C(=O)O)c1.[Ni]. The van der Waals surface area contributed by atoms with Crippen LogP contribution >= 0.6 is 34.8 Å². The van der Waals surface area contributed by atoms with Crippen molar-refractivity contribution in [2.24, 2.45) is 4.99 Å². The summed E-state index contributed by atoms with van der Waals surface area (Å²) in [6, 6.07) is 26.5. The number of carboxylic acid groups (broad SMARTS) is 1. The number of aryl methyl sites for hydroxylation is 1. The zero-order chi connectivity index (χ0) is 32.1. The minimum Gasteiger partial charge on any atom is -0.625 e. The number of likely N-dealkylation sites (tertiary alicyclic amines) is 1. The first-order chi connectivity index (χ1) is 21.5. The Labute approximate surface area is 294 Å². The topological polar surface area (TPSA) is 84.1 Å². The molecule has 6 nitrogen and oxygen atoms in total. The van der Waals surface area contributed by atoms with Crippen LogP contribution in [0.2, 0.25) is 15.1 Å². The Hall–Kier alpha value is -3.19. The number of nitrogens with zero attached hydrogens (tertiary/aromatic N) is 3. The predicted octanol–water partition coefficient (Wildman–Crippen LogP) is 9.07. The Bertz CT molecular complexity index is 1750. The van der Waals surface area contributed by atoms with E-state index in [1.807, 2.05) is 80.6 Å². The van der Waals surface area contributed by atoms with Gasteiger partial charge in [0.25, 0.3) is 0 Å². The van der Waals surface area contributed by atoms with Crippen LogP contribution in [-0.2, 0) is 39.0 Å². The molecule has 1 N–H and O–H groups in total. The first-order valence-electron chi connectivity index (χ1n) is 14.7. The fraction of sp³-hybridized carbons (Fsp3) is 0.250. The maximum absolute atomic E-state index is 14.0. The number of halogens is 3. The van der Waals surface area contributed by atoms with Gasteiger partial charge in [0.2, 0.25) is 0 Å². The average Bonchev–Trinajstić information content (AvgIpc) is 3.39. The molecule has 0 bridgehead atoms. The molecule has 10 heteroatoms. The van der Waals surface area contributed by atoms with Gasteiger partial charge in [-0.25, -0.2) is 4.79 Å². The van der Waals surface area contributed by atoms with Crippen molar-refractivity contribution in [2.45, 2.75) is 51.2 Å². The normalized spacial score (nSPS) is 17.3. The van der Waals surface area contributed by atoms with Crippen molar-refractivity contribution in [3.05, 3.63) is 139 Å². The van der Waals surface area contributed by atoms with Crippen molar-refractivity contribution in [1.29, 1.82) is 0 Å². The summed E-state index contributed by atoms with van der Waals surface area (Å²) >= 11 is 18.9. The smallest absolute Gasteiger partial charge is 0.328 e. The average molecular weight is 721 g/mol. The molecule has 0 radical (unpaired) electrons. The van der Waals surface area contributed by atoms with Crippen molar-refractivity contribution in [2.75, 3.05) is 6.54 Å². The van der Waals surface area contributed by atoms with Crippen LogP contribution in [0.5, 0.6) is 0 Å². The molecule has 1 heterocycles. The van der Waals surface area contributed by atoms with Crippen LogP contribution in [0.4, 0.5) is 5.69 Å². The minimum absolute atomic E-state index is 0. The van der Waals surface area contributed by atoms with Crippen LogP contribution in [0.3, 0.4) is 0 Å². The fourth-order valence-electron chi connectivity index (χ4n) is 5.70. The number of hydrogen-bond donors (Lipinski definition) is 1. The molecule has 0 aliphatic carbocycles. The molecule has 4 aromatic carbocycles. The van der Waals surface area contributed by atoms with E-state index in [1.165, 1.54) is 0 Å². The zero-order valence-electron chi connectivity index (χ0n) is 25.3. The Morgan fingerprint density at radius 2 is 1.70 bits per heavy atom. The summed E-state index contributed by atoms with van der Waals surface area (Å²) in [5.74, 6) is -1.36. The summed E-state index contributed by atoms with van der Waals surface area (Å²) in [4.78, 5) is 33.5. The number of amides is 1. The van der Waals surface area contributed by atoms with Gasteiger partial charge in [-0.3, -0.25) is 9.89 Å². The van der Waals surface area contributed by atoms with E-state index in [-0.39, 0.29) is 28.8 Å². The fourth-order valence-corrected chi connectivity index (χ4v) is 6.19.